The molecular weight excluding hydrogens is 324 g/mol. The van der Waals surface area contributed by atoms with Crippen molar-refractivity contribution >= 4 is 0 Å². The first-order valence-corrected chi connectivity index (χ1v) is 9.20. The van der Waals surface area contributed by atoms with Gasteiger partial charge >= 0.3 is 0 Å². The van der Waals surface area contributed by atoms with Crippen LogP contribution < -0.4 is 0 Å². The number of aliphatic hydroxyl groups is 2. The van der Waals surface area contributed by atoms with E-state index in [4.69, 9.17) is 0 Å². The van der Waals surface area contributed by atoms with E-state index in [2.05, 4.69) is 11.0 Å². The van der Waals surface area contributed by atoms with Crippen molar-refractivity contribution in [2.75, 3.05) is 26.2 Å². The van der Waals surface area contributed by atoms with Crippen molar-refractivity contribution in [2.45, 2.75) is 30.3 Å². The van der Waals surface area contributed by atoms with Gasteiger partial charge in [0.15, 0.2) is 0 Å². The van der Waals surface area contributed by atoms with E-state index in [9.17, 15) is 15.5 Å². The van der Waals surface area contributed by atoms with Gasteiger partial charge in [-0.1, -0.05) is 60.7 Å². The average molecular weight is 350 g/mol. The second-order valence-electron chi connectivity index (χ2n) is 7.22. The molecule has 0 atom stereocenters. The Bertz CT molecular complexity index is 692. The smallest absolute Gasteiger partial charge is 0.108 e. The van der Waals surface area contributed by atoms with Crippen LogP contribution >= 0.6 is 0 Å². The number of hydrogen-bond donors (Lipinski definition) is 2. The molecule has 4 nitrogen and oxygen atoms in total. The van der Waals surface area contributed by atoms with E-state index >= 15 is 0 Å². The molecule has 1 aliphatic heterocycles. The Morgan fingerprint density at radius 3 is 1.88 bits per heavy atom. The number of nitriles is 1. The van der Waals surface area contributed by atoms with Crippen LogP contribution in [0.2, 0.25) is 0 Å². The number of likely N-dealkylation sites (tertiary alicyclic amines) is 1. The molecule has 0 saturated carbocycles. The molecule has 136 valence electrons. The summed E-state index contributed by atoms with van der Waals surface area (Å²) >= 11 is 0. The summed E-state index contributed by atoms with van der Waals surface area (Å²) in [5, 5.41) is 29.7. The summed E-state index contributed by atoms with van der Waals surface area (Å²) in [7, 11) is 0. The van der Waals surface area contributed by atoms with Gasteiger partial charge in [0.1, 0.15) is 5.41 Å². The van der Waals surface area contributed by atoms with E-state index in [-0.39, 0.29) is 6.61 Å². The summed E-state index contributed by atoms with van der Waals surface area (Å²) in [6, 6.07) is 22.6. The third-order valence-corrected chi connectivity index (χ3v) is 5.61. The van der Waals surface area contributed by atoms with Crippen molar-refractivity contribution in [3.8, 4) is 6.07 Å². The van der Waals surface area contributed by atoms with Crippen LogP contribution in [-0.4, -0.2) is 47.0 Å². The van der Waals surface area contributed by atoms with E-state index in [0.29, 0.717) is 19.3 Å². The molecule has 0 amide bonds. The molecule has 0 radical (unpaired) electrons. The van der Waals surface area contributed by atoms with Crippen molar-refractivity contribution in [1.82, 2.24) is 4.90 Å². The minimum absolute atomic E-state index is 0.184. The number of hydrogen-bond acceptors (Lipinski definition) is 4. The molecule has 0 bridgehead atoms. The molecule has 2 aromatic rings. The number of rotatable bonds is 6. The van der Waals surface area contributed by atoms with Crippen LogP contribution in [0.1, 0.15) is 30.4 Å². The molecular formula is C22H26N2O2. The maximum Gasteiger partial charge on any atom is 0.108 e. The number of benzene rings is 2. The second kappa shape index (κ2) is 8.01. The van der Waals surface area contributed by atoms with Gasteiger partial charge in [0.25, 0.3) is 0 Å². The van der Waals surface area contributed by atoms with Crippen molar-refractivity contribution in [3.63, 3.8) is 0 Å². The molecule has 1 aliphatic rings. The third kappa shape index (κ3) is 3.81. The molecule has 26 heavy (non-hydrogen) atoms. The van der Waals surface area contributed by atoms with Gasteiger partial charge in [-0.3, -0.25) is 0 Å². The van der Waals surface area contributed by atoms with Crippen molar-refractivity contribution in [3.05, 3.63) is 71.8 Å². The highest BCUT2D eigenvalue weighted by Gasteiger charge is 2.36. The zero-order valence-electron chi connectivity index (χ0n) is 15.0. The largest absolute Gasteiger partial charge is 0.393 e. The Hall–Kier alpha value is -2.19. The van der Waals surface area contributed by atoms with E-state index < -0.39 is 11.0 Å². The predicted octanol–water partition coefficient (Wildman–Crippen LogP) is 2.71. The van der Waals surface area contributed by atoms with E-state index in [1.807, 2.05) is 60.7 Å². The molecule has 3 rings (SSSR count). The van der Waals surface area contributed by atoms with Crippen LogP contribution in [0.25, 0.3) is 0 Å². The molecule has 0 aromatic heterocycles. The fourth-order valence-electron chi connectivity index (χ4n) is 3.76. The monoisotopic (exact) mass is 350 g/mol. The summed E-state index contributed by atoms with van der Waals surface area (Å²) in [5.41, 5.74) is 0.393. The molecule has 0 aliphatic carbocycles. The lowest BCUT2D eigenvalue weighted by Gasteiger charge is -2.38. The molecule has 4 heteroatoms. The Labute approximate surface area is 155 Å². The number of piperidine rings is 1. The number of aliphatic hydroxyl groups excluding tert-OH is 1. The summed E-state index contributed by atoms with van der Waals surface area (Å²) in [6.07, 6.45) is 1.83. The molecule has 0 unspecified atom stereocenters. The predicted molar refractivity (Wildman–Crippen MR) is 102 cm³/mol. The van der Waals surface area contributed by atoms with Crippen molar-refractivity contribution < 1.29 is 10.2 Å². The highest BCUT2D eigenvalue weighted by molar-refractivity contribution is 5.45. The average Bonchev–Trinajstić information content (AvgIpc) is 2.72. The minimum atomic E-state index is -0.943. The van der Waals surface area contributed by atoms with Crippen LogP contribution in [0.4, 0.5) is 0 Å². The van der Waals surface area contributed by atoms with Crippen LogP contribution in [0.5, 0.6) is 0 Å². The van der Waals surface area contributed by atoms with Gasteiger partial charge in [-0.25, -0.2) is 0 Å². The van der Waals surface area contributed by atoms with Gasteiger partial charge in [0, 0.05) is 19.6 Å². The molecule has 1 heterocycles. The minimum Gasteiger partial charge on any atom is -0.393 e. The SMILES string of the molecule is N#CC(CCN1CCC(O)(CO)CC1)(c1ccccc1)c1ccccc1. The topological polar surface area (TPSA) is 67.5 Å². The Morgan fingerprint density at radius 1 is 0.962 bits per heavy atom. The molecule has 2 aromatic carbocycles. The standard InChI is InChI=1S/C22H26N2O2/c23-17-22(19-7-3-1-4-8-19,20-9-5-2-6-10-20)13-16-24-14-11-21(26,18-25)12-15-24/h1-10,25-26H,11-16,18H2. The van der Waals surface area contributed by atoms with Crippen molar-refractivity contribution in [2.24, 2.45) is 0 Å². The first-order chi connectivity index (χ1) is 12.6. The Kier molecular flexibility index (Phi) is 5.73. The summed E-state index contributed by atoms with van der Waals surface area (Å²) < 4.78 is 0. The van der Waals surface area contributed by atoms with E-state index in [1.54, 1.807) is 0 Å². The fourth-order valence-corrected chi connectivity index (χ4v) is 3.76. The summed E-state index contributed by atoms with van der Waals surface area (Å²) in [4.78, 5) is 2.28. The highest BCUT2D eigenvalue weighted by atomic mass is 16.3. The Morgan fingerprint density at radius 2 is 1.46 bits per heavy atom. The van der Waals surface area contributed by atoms with Gasteiger partial charge in [-0.05, 0) is 30.4 Å². The van der Waals surface area contributed by atoms with Gasteiger partial charge in [-0.15, -0.1) is 0 Å². The Balaban J connectivity index is 1.81. The fraction of sp³-hybridized carbons (Fsp3) is 0.409. The maximum atomic E-state index is 10.2. The molecule has 1 fully saturated rings. The van der Waals surface area contributed by atoms with Crippen LogP contribution in [-0.2, 0) is 5.41 Å². The quantitative estimate of drug-likeness (QED) is 0.841. The lowest BCUT2D eigenvalue weighted by molar-refractivity contribution is -0.0597. The van der Waals surface area contributed by atoms with E-state index in [1.165, 1.54) is 0 Å². The highest BCUT2D eigenvalue weighted by Crippen LogP contribution is 2.36. The van der Waals surface area contributed by atoms with Crippen LogP contribution in [0.3, 0.4) is 0 Å². The lowest BCUT2D eigenvalue weighted by Crippen LogP contribution is -2.47. The lowest BCUT2D eigenvalue weighted by atomic mass is 9.73. The summed E-state index contributed by atoms with van der Waals surface area (Å²) in [5.74, 6) is 0. The van der Waals surface area contributed by atoms with E-state index in [0.717, 1.165) is 30.8 Å². The third-order valence-electron chi connectivity index (χ3n) is 5.61. The first-order valence-electron chi connectivity index (χ1n) is 9.20. The second-order valence-corrected chi connectivity index (χ2v) is 7.22. The van der Waals surface area contributed by atoms with Crippen LogP contribution in [0.15, 0.2) is 60.7 Å². The molecule has 0 spiro atoms. The van der Waals surface area contributed by atoms with Gasteiger partial charge in [0.05, 0.1) is 18.3 Å². The zero-order chi connectivity index (χ0) is 18.5. The normalized spacial score (nSPS) is 17.6. The zero-order valence-corrected chi connectivity index (χ0v) is 15.0. The van der Waals surface area contributed by atoms with Gasteiger partial charge < -0.3 is 15.1 Å². The maximum absolute atomic E-state index is 10.2. The van der Waals surface area contributed by atoms with Gasteiger partial charge in [-0.2, -0.15) is 5.26 Å². The van der Waals surface area contributed by atoms with Crippen LogP contribution in [0, 0.1) is 11.3 Å². The molecule has 2 N–H and O–H groups in total. The van der Waals surface area contributed by atoms with Crippen molar-refractivity contribution in [1.29, 1.82) is 5.26 Å². The first kappa shape index (κ1) is 18.6. The van der Waals surface area contributed by atoms with Gasteiger partial charge in [0.2, 0.25) is 0 Å². The summed E-state index contributed by atoms with van der Waals surface area (Å²) in [6.45, 7) is 2.07. The molecule has 1 saturated heterocycles. The number of nitrogens with zero attached hydrogens (tertiary/aromatic N) is 2.